The number of carboxylic acids is 1. The van der Waals surface area contributed by atoms with E-state index in [1.165, 1.54) is 59.0 Å². The van der Waals surface area contributed by atoms with E-state index in [1.54, 1.807) is 0 Å². The molecule has 5 nitrogen and oxygen atoms in total. The van der Waals surface area contributed by atoms with E-state index >= 15 is 0 Å². The maximum atomic E-state index is 12.9. The van der Waals surface area contributed by atoms with Gasteiger partial charge in [0.1, 0.15) is 17.1 Å². The van der Waals surface area contributed by atoms with Gasteiger partial charge in [-0.2, -0.15) is 0 Å². The van der Waals surface area contributed by atoms with Gasteiger partial charge in [0.05, 0.1) is 0 Å². The van der Waals surface area contributed by atoms with Crippen LogP contribution in [0.3, 0.4) is 0 Å². The Morgan fingerprint density at radius 1 is 1.14 bits per heavy atom. The molecule has 1 rings (SSSR count). The van der Waals surface area contributed by atoms with Crippen LogP contribution in [0.4, 0.5) is 4.39 Å². The highest BCUT2D eigenvalue weighted by molar-refractivity contribution is 5.90. The van der Waals surface area contributed by atoms with E-state index < -0.39 is 28.8 Å². The molecular formula is C15H20FNO4. The van der Waals surface area contributed by atoms with Crippen LogP contribution in [0.5, 0.6) is 5.75 Å². The third kappa shape index (κ3) is 3.71. The molecule has 6 heteroatoms. The average Bonchev–Trinajstić information content (AvgIpc) is 2.39. The number of ether oxygens (including phenoxy) is 1. The highest BCUT2D eigenvalue weighted by atomic mass is 19.1. The number of carbonyl (C=O) groups excluding carboxylic acids is 1. The molecule has 0 aliphatic carbocycles. The number of aliphatic carboxylic acids is 1. The highest BCUT2D eigenvalue weighted by Gasteiger charge is 2.42. The summed E-state index contributed by atoms with van der Waals surface area (Å²) in [7, 11) is 1.41. The van der Waals surface area contributed by atoms with Crippen LogP contribution in [-0.2, 0) is 9.59 Å². The van der Waals surface area contributed by atoms with Gasteiger partial charge in [-0.05, 0) is 52.0 Å². The Bertz CT molecular complexity index is 537. The van der Waals surface area contributed by atoms with Crippen molar-refractivity contribution < 1.29 is 23.8 Å². The number of halogens is 1. The number of benzene rings is 1. The predicted molar refractivity (Wildman–Crippen MR) is 75.6 cm³/mol. The molecule has 0 fully saturated rings. The lowest BCUT2D eigenvalue weighted by Gasteiger charge is -2.37. The van der Waals surface area contributed by atoms with Crippen LogP contribution in [0.25, 0.3) is 0 Å². The van der Waals surface area contributed by atoms with Gasteiger partial charge in [0.25, 0.3) is 5.91 Å². The van der Waals surface area contributed by atoms with Crippen molar-refractivity contribution in [3.05, 3.63) is 30.1 Å². The SMILES string of the molecule is CN(C(=O)C(C)(C)Oc1ccc(F)cc1)C(C)(C)C(=O)O. The summed E-state index contributed by atoms with van der Waals surface area (Å²) < 4.78 is 18.4. The summed E-state index contributed by atoms with van der Waals surface area (Å²) in [6.45, 7) is 5.93. The Hall–Kier alpha value is -2.11. The van der Waals surface area contributed by atoms with Gasteiger partial charge in [-0.1, -0.05) is 0 Å². The number of hydrogen-bond acceptors (Lipinski definition) is 3. The molecular weight excluding hydrogens is 277 g/mol. The summed E-state index contributed by atoms with van der Waals surface area (Å²) in [4.78, 5) is 24.8. The lowest BCUT2D eigenvalue weighted by atomic mass is 9.99. The summed E-state index contributed by atoms with van der Waals surface area (Å²) in [5.41, 5.74) is -2.64. The second-order valence-corrected chi connectivity index (χ2v) is 5.79. The molecule has 0 aromatic heterocycles. The molecule has 0 unspecified atom stereocenters. The summed E-state index contributed by atoms with van der Waals surface area (Å²) in [5, 5.41) is 9.17. The van der Waals surface area contributed by atoms with E-state index in [1.807, 2.05) is 0 Å². The van der Waals surface area contributed by atoms with Crippen LogP contribution in [0, 0.1) is 5.82 Å². The fourth-order valence-corrected chi connectivity index (χ4v) is 1.64. The quantitative estimate of drug-likeness (QED) is 0.905. The van der Waals surface area contributed by atoms with Gasteiger partial charge < -0.3 is 14.7 Å². The van der Waals surface area contributed by atoms with Crippen molar-refractivity contribution in [3.8, 4) is 5.75 Å². The van der Waals surface area contributed by atoms with Crippen molar-refractivity contribution in [3.63, 3.8) is 0 Å². The minimum atomic E-state index is -1.36. The summed E-state index contributed by atoms with van der Waals surface area (Å²) in [6, 6.07) is 5.26. The maximum Gasteiger partial charge on any atom is 0.329 e. The average molecular weight is 297 g/mol. The Labute approximate surface area is 123 Å². The summed E-state index contributed by atoms with van der Waals surface area (Å²) >= 11 is 0. The molecule has 0 aliphatic rings. The first-order valence-corrected chi connectivity index (χ1v) is 6.44. The standard InChI is InChI=1S/C15H20FNO4/c1-14(2,13(19)20)17(5)12(18)15(3,4)21-11-8-6-10(16)7-9-11/h6-9H,1-5H3,(H,19,20). The first-order chi connectivity index (χ1) is 9.48. The zero-order chi connectivity index (χ0) is 16.4. The van der Waals surface area contributed by atoms with Crippen molar-refractivity contribution in [1.29, 1.82) is 0 Å². The summed E-state index contributed by atoms with van der Waals surface area (Å²) in [6.07, 6.45) is 0. The van der Waals surface area contributed by atoms with E-state index in [9.17, 15) is 19.1 Å². The molecule has 1 aromatic carbocycles. The van der Waals surface area contributed by atoms with E-state index in [0.29, 0.717) is 5.75 Å². The molecule has 0 saturated carbocycles. The molecule has 1 amide bonds. The van der Waals surface area contributed by atoms with Gasteiger partial charge in [0, 0.05) is 7.05 Å². The number of carboxylic acid groups (broad SMARTS) is 1. The van der Waals surface area contributed by atoms with Crippen LogP contribution in [-0.4, -0.2) is 40.1 Å². The Kier molecular flexibility index (Phi) is 4.61. The number of nitrogens with zero attached hydrogens (tertiary/aromatic N) is 1. The topological polar surface area (TPSA) is 66.8 Å². The molecule has 0 radical (unpaired) electrons. The largest absolute Gasteiger partial charge is 0.480 e. The van der Waals surface area contributed by atoms with E-state index in [4.69, 9.17) is 4.74 Å². The lowest BCUT2D eigenvalue weighted by Crippen LogP contribution is -2.57. The fraction of sp³-hybridized carbons (Fsp3) is 0.467. The van der Waals surface area contributed by atoms with E-state index in [-0.39, 0.29) is 0 Å². The molecule has 0 aliphatic heterocycles. The van der Waals surface area contributed by atoms with Crippen molar-refractivity contribution in [2.75, 3.05) is 7.05 Å². The van der Waals surface area contributed by atoms with Crippen LogP contribution in [0.1, 0.15) is 27.7 Å². The normalized spacial score (nSPS) is 11.9. The fourth-order valence-electron chi connectivity index (χ4n) is 1.64. The van der Waals surface area contributed by atoms with Gasteiger partial charge in [0.2, 0.25) is 0 Å². The number of likely N-dealkylation sites (N-methyl/N-ethyl adjacent to an activating group) is 1. The zero-order valence-electron chi connectivity index (χ0n) is 12.8. The minimum Gasteiger partial charge on any atom is -0.480 e. The third-order valence-corrected chi connectivity index (χ3v) is 3.37. The van der Waals surface area contributed by atoms with Gasteiger partial charge in [-0.3, -0.25) is 4.79 Å². The molecule has 21 heavy (non-hydrogen) atoms. The molecule has 0 spiro atoms. The Morgan fingerprint density at radius 3 is 2.05 bits per heavy atom. The van der Waals surface area contributed by atoms with Crippen molar-refractivity contribution in [2.45, 2.75) is 38.8 Å². The monoisotopic (exact) mass is 297 g/mol. The number of hydrogen-bond donors (Lipinski definition) is 1. The number of amides is 1. The minimum absolute atomic E-state index is 0.330. The van der Waals surface area contributed by atoms with Gasteiger partial charge in [-0.15, -0.1) is 0 Å². The Balaban J connectivity index is 2.93. The molecule has 0 heterocycles. The van der Waals surface area contributed by atoms with Gasteiger partial charge in [-0.25, -0.2) is 9.18 Å². The van der Waals surface area contributed by atoms with Crippen molar-refractivity contribution in [1.82, 2.24) is 4.90 Å². The smallest absolute Gasteiger partial charge is 0.329 e. The highest BCUT2D eigenvalue weighted by Crippen LogP contribution is 2.23. The maximum absolute atomic E-state index is 12.9. The van der Waals surface area contributed by atoms with Crippen LogP contribution in [0.2, 0.25) is 0 Å². The Morgan fingerprint density at radius 2 is 1.62 bits per heavy atom. The van der Waals surface area contributed by atoms with Crippen LogP contribution >= 0.6 is 0 Å². The molecule has 1 N–H and O–H groups in total. The predicted octanol–water partition coefficient (Wildman–Crippen LogP) is 2.30. The van der Waals surface area contributed by atoms with Crippen LogP contribution in [0.15, 0.2) is 24.3 Å². The summed E-state index contributed by atoms with van der Waals surface area (Å²) in [5.74, 6) is -1.68. The molecule has 0 saturated heterocycles. The van der Waals surface area contributed by atoms with Crippen molar-refractivity contribution >= 4 is 11.9 Å². The molecule has 0 atom stereocenters. The number of rotatable bonds is 5. The van der Waals surface area contributed by atoms with Crippen molar-refractivity contribution in [2.24, 2.45) is 0 Å². The zero-order valence-corrected chi connectivity index (χ0v) is 12.8. The van der Waals surface area contributed by atoms with Gasteiger partial charge in [0.15, 0.2) is 5.60 Å². The second kappa shape index (κ2) is 5.71. The molecule has 116 valence electrons. The number of carbonyl (C=O) groups is 2. The molecule has 1 aromatic rings. The van der Waals surface area contributed by atoms with E-state index in [2.05, 4.69) is 0 Å². The van der Waals surface area contributed by atoms with Gasteiger partial charge >= 0.3 is 5.97 Å². The third-order valence-electron chi connectivity index (χ3n) is 3.37. The van der Waals surface area contributed by atoms with Crippen LogP contribution < -0.4 is 4.74 Å². The second-order valence-electron chi connectivity index (χ2n) is 5.79. The first kappa shape index (κ1) is 16.9. The lowest BCUT2D eigenvalue weighted by molar-refractivity contribution is -0.161. The van der Waals surface area contributed by atoms with E-state index in [0.717, 1.165) is 4.90 Å². The molecule has 0 bridgehead atoms. The first-order valence-electron chi connectivity index (χ1n) is 6.44.